The van der Waals surface area contributed by atoms with E-state index >= 15 is 0 Å². The molecule has 0 saturated carbocycles. The van der Waals surface area contributed by atoms with Crippen molar-refractivity contribution in [3.63, 3.8) is 0 Å². The minimum absolute atomic E-state index is 0.00480. The lowest BCUT2D eigenvalue weighted by molar-refractivity contribution is -0.133. The van der Waals surface area contributed by atoms with Gasteiger partial charge in [0, 0.05) is 33.1 Å². The number of carbonyl (C=O) groups excluding carboxylic acids is 2. The Labute approximate surface area is 153 Å². The van der Waals surface area contributed by atoms with Crippen LogP contribution in [0.25, 0.3) is 0 Å². The monoisotopic (exact) mass is 352 g/mol. The van der Waals surface area contributed by atoms with Crippen molar-refractivity contribution in [2.75, 3.05) is 13.1 Å². The van der Waals surface area contributed by atoms with Gasteiger partial charge in [0.05, 0.1) is 18.6 Å². The number of nitrogens with zero attached hydrogens (tertiary/aromatic N) is 4. The van der Waals surface area contributed by atoms with Gasteiger partial charge in [-0.1, -0.05) is 30.3 Å². The van der Waals surface area contributed by atoms with Gasteiger partial charge < -0.3 is 14.4 Å². The van der Waals surface area contributed by atoms with Gasteiger partial charge in [0.2, 0.25) is 5.91 Å². The van der Waals surface area contributed by atoms with E-state index < -0.39 is 0 Å². The quantitative estimate of drug-likeness (QED) is 0.850. The van der Waals surface area contributed by atoms with Crippen LogP contribution in [0.4, 0.5) is 0 Å². The molecule has 6 nitrogen and oxygen atoms in total. The average molecular weight is 352 g/mol. The molecule has 2 atom stereocenters. The van der Waals surface area contributed by atoms with Crippen LogP contribution in [0.15, 0.2) is 42.9 Å². The topological polar surface area (TPSA) is 58.4 Å². The second-order valence-corrected chi connectivity index (χ2v) is 7.33. The maximum atomic E-state index is 12.9. The molecule has 3 heterocycles. The highest BCUT2D eigenvalue weighted by Crippen LogP contribution is 2.32. The Morgan fingerprint density at radius 1 is 1.23 bits per heavy atom. The Hall–Kier alpha value is -2.63. The third kappa shape index (κ3) is 3.11. The summed E-state index contributed by atoms with van der Waals surface area (Å²) in [4.78, 5) is 33.5. The van der Waals surface area contributed by atoms with Gasteiger partial charge >= 0.3 is 0 Å². The predicted octanol–water partition coefficient (Wildman–Crippen LogP) is 2.07. The Morgan fingerprint density at radius 3 is 2.77 bits per heavy atom. The third-order valence-electron chi connectivity index (χ3n) is 5.61. The molecule has 6 heteroatoms. The molecule has 0 bridgehead atoms. The Bertz CT molecular complexity index is 801. The molecule has 2 fully saturated rings. The number of rotatable bonds is 3. The molecule has 1 aromatic carbocycles. The van der Waals surface area contributed by atoms with E-state index in [0.717, 1.165) is 18.4 Å². The number of aromatic nitrogens is 2. The van der Waals surface area contributed by atoms with Crippen molar-refractivity contribution in [3.8, 4) is 0 Å². The molecule has 136 valence electrons. The lowest BCUT2D eigenvalue weighted by atomic mass is 9.98. The summed E-state index contributed by atoms with van der Waals surface area (Å²) < 4.78 is 1.75. The van der Waals surface area contributed by atoms with Gasteiger partial charge in [0.1, 0.15) is 5.69 Å². The Balaban J connectivity index is 1.55. The summed E-state index contributed by atoms with van der Waals surface area (Å²) in [6.45, 7) is 1.94. The summed E-state index contributed by atoms with van der Waals surface area (Å²) in [5, 5.41) is 0. The number of aryl methyl sites for hydroxylation is 1. The minimum atomic E-state index is 0.00480. The number of hydrogen-bond acceptors (Lipinski definition) is 3. The van der Waals surface area contributed by atoms with E-state index in [0.29, 0.717) is 37.7 Å². The summed E-state index contributed by atoms with van der Waals surface area (Å²) >= 11 is 0. The SMILES string of the molecule is Cn1cncc1C(=O)N1CC2CCCC(=O)N(Cc3ccccc3)C2C1. The van der Waals surface area contributed by atoms with Crippen LogP contribution in [0.1, 0.15) is 35.3 Å². The summed E-state index contributed by atoms with van der Waals surface area (Å²) in [6, 6.07) is 10.2. The third-order valence-corrected chi connectivity index (χ3v) is 5.61. The van der Waals surface area contributed by atoms with Crippen LogP contribution in [0.3, 0.4) is 0 Å². The summed E-state index contributed by atoms with van der Waals surface area (Å²) in [5.74, 6) is 0.559. The number of fused-ring (bicyclic) bond motifs is 1. The first-order valence-corrected chi connectivity index (χ1v) is 9.22. The van der Waals surface area contributed by atoms with Crippen molar-refractivity contribution in [2.24, 2.45) is 13.0 Å². The zero-order valence-corrected chi connectivity index (χ0v) is 15.0. The number of hydrogen-bond donors (Lipinski definition) is 0. The summed E-state index contributed by atoms with van der Waals surface area (Å²) in [6.07, 6.45) is 5.77. The average Bonchev–Trinajstić information content (AvgIpc) is 3.23. The highest BCUT2D eigenvalue weighted by molar-refractivity contribution is 5.92. The maximum absolute atomic E-state index is 12.9. The first-order chi connectivity index (χ1) is 12.6. The van der Waals surface area contributed by atoms with Crippen LogP contribution in [0.2, 0.25) is 0 Å². The van der Waals surface area contributed by atoms with Crippen LogP contribution >= 0.6 is 0 Å². The lowest BCUT2D eigenvalue weighted by Crippen LogP contribution is -2.43. The van der Waals surface area contributed by atoms with E-state index in [9.17, 15) is 9.59 Å². The number of imidazole rings is 1. The molecule has 26 heavy (non-hydrogen) atoms. The fraction of sp³-hybridized carbons (Fsp3) is 0.450. The van der Waals surface area contributed by atoms with Crippen molar-refractivity contribution in [1.29, 1.82) is 0 Å². The van der Waals surface area contributed by atoms with Crippen LogP contribution < -0.4 is 0 Å². The molecule has 0 radical (unpaired) electrons. The smallest absolute Gasteiger partial charge is 0.272 e. The van der Waals surface area contributed by atoms with E-state index in [-0.39, 0.29) is 17.9 Å². The standard InChI is InChI=1S/C20H24N4O2/c1-22-14-21-10-17(22)20(26)23-12-16-8-5-9-19(25)24(18(16)13-23)11-15-6-3-2-4-7-15/h2-4,6-7,10,14,16,18H,5,8-9,11-13H2,1H3. The second-order valence-electron chi connectivity index (χ2n) is 7.33. The predicted molar refractivity (Wildman–Crippen MR) is 97.2 cm³/mol. The van der Waals surface area contributed by atoms with Crippen LogP contribution in [-0.4, -0.2) is 50.3 Å². The van der Waals surface area contributed by atoms with Crippen molar-refractivity contribution in [1.82, 2.24) is 19.4 Å². The molecule has 2 amide bonds. The van der Waals surface area contributed by atoms with Crippen molar-refractivity contribution < 1.29 is 9.59 Å². The van der Waals surface area contributed by atoms with Gasteiger partial charge in [-0.05, 0) is 24.3 Å². The van der Waals surface area contributed by atoms with Crippen molar-refractivity contribution >= 4 is 11.8 Å². The van der Waals surface area contributed by atoms with Gasteiger partial charge in [-0.25, -0.2) is 4.98 Å². The fourth-order valence-electron chi connectivity index (χ4n) is 4.21. The van der Waals surface area contributed by atoms with E-state index in [2.05, 4.69) is 17.1 Å². The summed E-state index contributed by atoms with van der Waals surface area (Å²) in [7, 11) is 1.83. The fourth-order valence-corrected chi connectivity index (χ4v) is 4.21. The first-order valence-electron chi connectivity index (χ1n) is 9.22. The van der Waals surface area contributed by atoms with Gasteiger partial charge in [0.15, 0.2) is 0 Å². The Morgan fingerprint density at radius 2 is 2.04 bits per heavy atom. The summed E-state index contributed by atoms with van der Waals surface area (Å²) in [5.41, 5.74) is 1.74. The molecule has 0 spiro atoms. The molecule has 0 aliphatic carbocycles. The van der Waals surface area contributed by atoms with E-state index in [1.54, 1.807) is 17.1 Å². The van der Waals surface area contributed by atoms with Crippen LogP contribution in [0, 0.1) is 5.92 Å². The highest BCUT2D eigenvalue weighted by Gasteiger charge is 2.42. The number of benzene rings is 1. The normalized spacial score (nSPS) is 23.0. The molecule has 1 aromatic heterocycles. The molecule has 4 rings (SSSR count). The molecule has 0 N–H and O–H groups in total. The lowest BCUT2D eigenvalue weighted by Gasteiger charge is -2.30. The van der Waals surface area contributed by atoms with E-state index in [1.807, 2.05) is 35.0 Å². The zero-order chi connectivity index (χ0) is 18.1. The van der Waals surface area contributed by atoms with Crippen molar-refractivity contribution in [2.45, 2.75) is 31.8 Å². The van der Waals surface area contributed by atoms with E-state index in [1.165, 1.54) is 0 Å². The van der Waals surface area contributed by atoms with E-state index in [4.69, 9.17) is 0 Å². The number of carbonyl (C=O) groups is 2. The largest absolute Gasteiger partial charge is 0.335 e. The van der Waals surface area contributed by atoms with Crippen LogP contribution in [0.5, 0.6) is 0 Å². The number of likely N-dealkylation sites (tertiary alicyclic amines) is 2. The number of amides is 2. The zero-order valence-electron chi connectivity index (χ0n) is 15.0. The van der Waals surface area contributed by atoms with Gasteiger partial charge in [0.25, 0.3) is 5.91 Å². The molecular formula is C20H24N4O2. The van der Waals surface area contributed by atoms with Crippen molar-refractivity contribution in [3.05, 3.63) is 54.1 Å². The van der Waals surface area contributed by atoms with Gasteiger partial charge in [-0.2, -0.15) is 0 Å². The molecular weight excluding hydrogens is 328 g/mol. The molecule has 2 aliphatic rings. The molecule has 2 saturated heterocycles. The second kappa shape index (κ2) is 6.94. The molecule has 2 aromatic rings. The Kier molecular flexibility index (Phi) is 4.49. The highest BCUT2D eigenvalue weighted by atomic mass is 16.2. The maximum Gasteiger partial charge on any atom is 0.272 e. The molecule has 2 aliphatic heterocycles. The minimum Gasteiger partial charge on any atom is -0.335 e. The van der Waals surface area contributed by atoms with Gasteiger partial charge in [-0.15, -0.1) is 0 Å². The first kappa shape index (κ1) is 16.8. The van der Waals surface area contributed by atoms with Gasteiger partial charge in [-0.3, -0.25) is 9.59 Å². The van der Waals surface area contributed by atoms with Crippen LogP contribution in [-0.2, 0) is 18.4 Å². The molecule has 2 unspecified atom stereocenters.